The number of halogens is 3. The van der Waals surface area contributed by atoms with Gasteiger partial charge in [-0.25, -0.2) is 13.6 Å². The summed E-state index contributed by atoms with van der Waals surface area (Å²) in [4.78, 5) is 16.1. The number of pyridine rings is 1. The first-order valence-corrected chi connectivity index (χ1v) is 11.1. The molecule has 2 aromatic carbocycles. The molecule has 4 nitrogen and oxygen atoms in total. The van der Waals surface area contributed by atoms with E-state index >= 15 is 0 Å². The zero-order chi connectivity index (χ0) is 23.5. The summed E-state index contributed by atoms with van der Waals surface area (Å²) in [5, 5.41) is 10.1. The quantitative estimate of drug-likeness (QED) is 0.407. The Hall–Kier alpha value is -3.25. The molecule has 33 heavy (non-hydrogen) atoms. The third-order valence-corrected chi connectivity index (χ3v) is 6.04. The number of benzene rings is 2. The Balaban J connectivity index is 1.75. The number of aromatic carboxylic acids is 1. The molecule has 170 valence electrons. The zero-order valence-corrected chi connectivity index (χ0v) is 18.8. The van der Waals surface area contributed by atoms with E-state index in [1.54, 1.807) is 30.5 Å². The third kappa shape index (κ3) is 4.76. The normalized spacial score (nSPS) is 13.5. The fraction of sp³-hybridized carbons (Fsp3) is 0.231. The fourth-order valence-electron chi connectivity index (χ4n) is 4.17. The Labute approximate surface area is 195 Å². The van der Waals surface area contributed by atoms with Gasteiger partial charge in [-0.15, -0.1) is 0 Å². The van der Waals surface area contributed by atoms with E-state index in [1.807, 2.05) is 6.92 Å². The minimum Gasteiger partial charge on any atom is -0.488 e. The van der Waals surface area contributed by atoms with Crippen molar-refractivity contribution in [1.29, 1.82) is 0 Å². The summed E-state index contributed by atoms with van der Waals surface area (Å²) in [7, 11) is 0. The second kappa shape index (κ2) is 9.71. The summed E-state index contributed by atoms with van der Waals surface area (Å²) in [6.45, 7) is 1.59. The minimum atomic E-state index is -1.01. The molecule has 0 amide bonds. The first kappa shape index (κ1) is 22.9. The summed E-state index contributed by atoms with van der Waals surface area (Å²) in [6, 6.07) is 10.5. The maximum absolute atomic E-state index is 14.1. The lowest BCUT2D eigenvalue weighted by molar-refractivity contribution is 0.0695. The van der Waals surface area contributed by atoms with Crippen LogP contribution in [0.3, 0.4) is 0 Å². The van der Waals surface area contributed by atoms with Gasteiger partial charge in [0.2, 0.25) is 0 Å². The zero-order valence-electron chi connectivity index (χ0n) is 18.0. The SMILES string of the molecule is CCc1ncc(C2=C(c3cc(Cl)ccc3OCc3c(F)cccc3F)CCC2)cc1C(=O)O. The molecule has 1 aromatic heterocycles. The Morgan fingerprint density at radius 3 is 2.55 bits per heavy atom. The van der Waals surface area contributed by atoms with Crippen molar-refractivity contribution in [3.05, 3.63) is 93.3 Å². The van der Waals surface area contributed by atoms with Gasteiger partial charge in [-0.05, 0) is 78.8 Å². The summed E-state index contributed by atoms with van der Waals surface area (Å²) in [6.07, 6.45) is 4.57. The van der Waals surface area contributed by atoms with Gasteiger partial charge in [-0.2, -0.15) is 0 Å². The predicted octanol–water partition coefficient (Wildman–Crippen LogP) is 6.95. The molecular weight excluding hydrogens is 448 g/mol. The van der Waals surface area contributed by atoms with Gasteiger partial charge in [0, 0.05) is 16.8 Å². The lowest BCUT2D eigenvalue weighted by atomic mass is 9.96. The summed E-state index contributed by atoms with van der Waals surface area (Å²) in [5.74, 6) is -1.91. The van der Waals surface area contributed by atoms with Gasteiger partial charge in [0.1, 0.15) is 24.0 Å². The second-order valence-corrected chi connectivity index (χ2v) is 8.25. The van der Waals surface area contributed by atoms with E-state index < -0.39 is 17.6 Å². The smallest absolute Gasteiger partial charge is 0.337 e. The molecule has 3 aromatic rings. The van der Waals surface area contributed by atoms with Crippen LogP contribution < -0.4 is 4.74 Å². The number of nitrogens with zero attached hydrogens (tertiary/aromatic N) is 1. The molecule has 0 atom stereocenters. The van der Waals surface area contributed by atoms with Crippen LogP contribution in [0.5, 0.6) is 5.75 Å². The molecule has 0 aliphatic heterocycles. The number of hydrogen-bond acceptors (Lipinski definition) is 3. The van der Waals surface area contributed by atoms with Crippen LogP contribution in [0.4, 0.5) is 8.78 Å². The van der Waals surface area contributed by atoms with Gasteiger partial charge in [0.15, 0.2) is 0 Å². The Bertz CT molecular complexity index is 1240. The Morgan fingerprint density at radius 1 is 1.12 bits per heavy atom. The fourth-order valence-corrected chi connectivity index (χ4v) is 4.34. The highest BCUT2D eigenvalue weighted by atomic mass is 35.5. The number of carboxylic acids is 1. The van der Waals surface area contributed by atoms with E-state index in [-0.39, 0.29) is 17.7 Å². The highest BCUT2D eigenvalue weighted by Gasteiger charge is 2.23. The lowest BCUT2D eigenvalue weighted by Crippen LogP contribution is -2.06. The van der Waals surface area contributed by atoms with Crippen LogP contribution in [-0.2, 0) is 13.0 Å². The van der Waals surface area contributed by atoms with Crippen LogP contribution in [0.15, 0.2) is 48.7 Å². The first-order chi connectivity index (χ1) is 15.9. The Kier molecular flexibility index (Phi) is 6.75. The van der Waals surface area contributed by atoms with Crippen LogP contribution >= 0.6 is 11.6 Å². The van der Waals surface area contributed by atoms with Gasteiger partial charge in [0.05, 0.1) is 16.8 Å². The molecule has 1 N–H and O–H groups in total. The number of rotatable bonds is 7. The van der Waals surface area contributed by atoms with Crippen LogP contribution in [0, 0.1) is 11.6 Å². The summed E-state index contributed by atoms with van der Waals surface area (Å²) < 4.78 is 34.0. The number of ether oxygens (including phenoxy) is 1. The van der Waals surface area contributed by atoms with Gasteiger partial charge in [-0.1, -0.05) is 24.6 Å². The molecule has 0 saturated heterocycles. The van der Waals surface area contributed by atoms with E-state index in [0.29, 0.717) is 22.9 Å². The van der Waals surface area contributed by atoms with Crippen molar-refractivity contribution in [3.63, 3.8) is 0 Å². The number of aromatic nitrogens is 1. The largest absolute Gasteiger partial charge is 0.488 e. The van der Waals surface area contributed by atoms with Gasteiger partial charge in [0.25, 0.3) is 0 Å². The molecule has 0 bridgehead atoms. The average Bonchev–Trinajstić information content (AvgIpc) is 3.28. The standard InChI is InChI=1S/C26H22ClF2NO3/c1-2-24-20(26(31)32)11-15(13-30-24)17-5-3-6-18(17)19-12-16(27)9-10-25(19)33-14-21-22(28)7-4-8-23(21)29/h4,7-13H,2-3,5-6,14H2,1H3,(H,31,32). The maximum atomic E-state index is 14.1. The van der Waals surface area contributed by atoms with Gasteiger partial charge in [-0.3, -0.25) is 4.98 Å². The topological polar surface area (TPSA) is 59.4 Å². The summed E-state index contributed by atoms with van der Waals surface area (Å²) in [5.41, 5.74) is 3.97. The van der Waals surface area contributed by atoms with Crippen LogP contribution in [0.2, 0.25) is 5.02 Å². The van der Waals surface area contributed by atoms with Crippen molar-refractivity contribution in [2.24, 2.45) is 0 Å². The second-order valence-electron chi connectivity index (χ2n) is 7.82. The predicted molar refractivity (Wildman–Crippen MR) is 123 cm³/mol. The minimum absolute atomic E-state index is 0.149. The molecule has 0 unspecified atom stereocenters. The van der Waals surface area contributed by atoms with E-state index in [1.165, 1.54) is 18.2 Å². The van der Waals surface area contributed by atoms with Crippen LogP contribution in [0.1, 0.15) is 58.9 Å². The molecule has 0 fully saturated rings. The maximum Gasteiger partial charge on any atom is 0.337 e. The van der Waals surface area contributed by atoms with Gasteiger partial charge >= 0.3 is 5.97 Å². The Morgan fingerprint density at radius 2 is 1.85 bits per heavy atom. The van der Waals surface area contributed by atoms with Crippen molar-refractivity contribution in [1.82, 2.24) is 4.98 Å². The number of carbonyl (C=O) groups is 1. The molecule has 7 heteroatoms. The number of aryl methyl sites for hydroxylation is 1. The lowest BCUT2D eigenvalue weighted by Gasteiger charge is -2.16. The van der Waals surface area contributed by atoms with E-state index in [4.69, 9.17) is 16.3 Å². The average molecular weight is 470 g/mol. The molecule has 1 aliphatic rings. The van der Waals surface area contributed by atoms with Gasteiger partial charge < -0.3 is 9.84 Å². The first-order valence-electron chi connectivity index (χ1n) is 10.7. The molecule has 0 saturated carbocycles. The molecule has 0 radical (unpaired) electrons. The van der Waals surface area contributed by atoms with Crippen molar-refractivity contribution < 1.29 is 23.4 Å². The van der Waals surface area contributed by atoms with E-state index in [0.717, 1.165) is 41.5 Å². The molecule has 4 rings (SSSR count). The van der Waals surface area contributed by atoms with E-state index in [9.17, 15) is 18.7 Å². The molecule has 0 spiro atoms. The summed E-state index contributed by atoms with van der Waals surface area (Å²) >= 11 is 6.27. The number of allylic oxidation sites excluding steroid dienone is 2. The molecule has 1 heterocycles. The highest BCUT2D eigenvalue weighted by molar-refractivity contribution is 6.30. The van der Waals surface area contributed by atoms with Crippen molar-refractivity contribution in [2.45, 2.75) is 39.2 Å². The number of carboxylic acid groups (broad SMARTS) is 1. The van der Waals surface area contributed by atoms with Crippen LogP contribution in [0.25, 0.3) is 11.1 Å². The van der Waals surface area contributed by atoms with E-state index in [2.05, 4.69) is 4.98 Å². The van der Waals surface area contributed by atoms with Crippen LogP contribution in [-0.4, -0.2) is 16.1 Å². The van der Waals surface area contributed by atoms with Crippen molar-refractivity contribution in [2.75, 3.05) is 0 Å². The van der Waals surface area contributed by atoms with Crippen molar-refractivity contribution >= 4 is 28.7 Å². The van der Waals surface area contributed by atoms with Crippen molar-refractivity contribution in [3.8, 4) is 5.75 Å². The molecule has 1 aliphatic carbocycles. The monoisotopic (exact) mass is 469 g/mol. The highest BCUT2D eigenvalue weighted by Crippen LogP contribution is 2.44. The molecular formula is C26H22ClF2NO3. The third-order valence-electron chi connectivity index (χ3n) is 5.80. The number of hydrogen-bond donors (Lipinski definition) is 1.